The first kappa shape index (κ1) is 12.7. The summed E-state index contributed by atoms with van der Waals surface area (Å²) in [4.78, 5) is 13.9. The molecule has 2 rings (SSSR count). The summed E-state index contributed by atoms with van der Waals surface area (Å²) in [6, 6.07) is 3.05. The van der Waals surface area contributed by atoms with Gasteiger partial charge in [-0.1, -0.05) is 11.6 Å². The third kappa shape index (κ3) is 2.73. The zero-order chi connectivity index (χ0) is 12.4. The van der Waals surface area contributed by atoms with Crippen LogP contribution in [0.2, 0.25) is 5.02 Å². The number of amides is 1. The molecule has 1 aromatic carbocycles. The monoisotopic (exact) mass is 318 g/mol. The summed E-state index contributed by atoms with van der Waals surface area (Å²) >= 11 is 9.05. The number of nitrogens with zero attached hydrogens (tertiary/aromatic N) is 1. The van der Waals surface area contributed by atoms with Crippen LogP contribution < -0.4 is 5.32 Å². The largest absolute Gasteiger partial charge is 0.506 e. The molecule has 0 atom stereocenters. The maximum absolute atomic E-state index is 12.2. The second kappa shape index (κ2) is 5.25. The van der Waals surface area contributed by atoms with Gasteiger partial charge in [-0.25, -0.2) is 0 Å². The average molecular weight is 320 g/mol. The fourth-order valence-electron chi connectivity index (χ4n) is 1.77. The van der Waals surface area contributed by atoms with Crippen molar-refractivity contribution in [2.45, 2.75) is 0 Å². The van der Waals surface area contributed by atoms with Crippen LogP contribution in [0.4, 0.5) is 0 Å². The average Bonchev–Trinajstić information content (AvgIpc) is 2.34. The van der Waals surface area contributed by atoms with E-state index in [2.05, 4.69) is 21.2 Å². The third-order valence-electron chi connectivity index (χ3n) is 2.66. The highest BCUT2D eigenvalue weighted by Crippen LogP contribution is 2.32. The second-order valence-corrected chi connectivity index (χ2v) is 5.12. The van der Waals surface area contributed by atoms with Gasteiger partial charge < -0.3 is 15.3 Å². The van der Waals surface area contributed by atoms with Gasteiger partial charge in [0.05, 0.1) is 10.0 Å². The third-order valence-corrected chi connectivity index (χ3v) is 3.49. The zero-order valence-corrected chi connectivity index (χ0v) is 11.4. The van der Waals surface area contributed by atoms with Crippen molar-refractivity contribution in [3.05, 3.63) is 27.2 Å². The van der Waals surface area contributed by atoms with Crippen LogP contribution in [-0.4, -0.2) is 42.1 Å². The van der Waals surface area contributed by atoms with Crippen LogP contribution in [-0.2, 0) is 0 Å². The first-order valence-electron chi connectivity index (χ1n) is 5.27. The van der Waals surface area contributed by atoms with Crippen LogP contribution in [0.5, 0.6) is 5.75 Å². The van der Waals surface area contributed by atoms with Crippen LogP contribution in [0.15, 0.2) is 16.6 Å². The van der Waals surface area contributed by atoms with Crippen molar-refractivity contribution in [2.75, 3.05) is 26.2 Å². The van der Waals surface area contributed by atoms with E-state index in [0.717, 1.165) is 13.1 Å². The molecule has 92 valence electrons. The quantitative estimate of drug-likeness (QED) is 0.831. The molecule has 1 aliphatic heterocycles. The first-order chi connectivity index (χ1) is 8.09. The smallest absolute Gasteiger partial charge is 0.257 e. The molecule has 6 heteroatoms. The molecule has 1 amide bonds. The number of hydrogen-bond acceptors (Lipinski definition) is 3. The van der Waals surface area contributed by atoms with E-state index in [1.54, 1.807) is 11.0 Å². The van der Waals surface area contributed by atoms with E-state index >= 15 is 0 Å². The lowest BCUT2D eigenvalue weighted by molar-refractivity contribution is 0.0732. The second-order valence-electron chi connectivity index (χ2n) is 3.83. The van der Waals surface area contributed by atoms with Crippen LogP contribution >= 0.6 is 27.5 Å². The van der Waals surface area contributed by atoms with Gasteiger partial charge in [-0.2, -0.15) is 0 Å². The van der Waals surface area contributed by atoms with Gasteiger partial charge in [0.2, 0.25) is 0 Å². The number of hydrogen-bond donors (Lipinski definition) is 2. The number of carbonyl (C=O) groups is 1. The lowest BCUT2D eigenvalue weighted by Gasteiger charge is -2.27. The van der Waals surface area contributed by atoms with E-state index in [1.807, 2.05) is 0 Å². The molecule has 0 saturated carbocycles. The fourth-order valence-corrected chi connectivity index (χ4v) is 2.58. The summed E-state index contributed by atoms with van der Waals surface area (Å²) in [5.41, 5.74) is 0.242. The van der Waals surface area contributed by atoms with Crippen LogP contribution in [0.3, 0.4) is 0 Å². The van der Waals surface area contributed by atoms with Gasteiger partial charge in [-0.3, -0.25) is 4.79 Å². The number of rotatable bonds is 1. The van der Waals surface area contributed by atoms with Gasteiger partial charge in [-0.05, 0) is 28.1 Å². The Morgan fingerprint density at radius 3 is 2.71 bits per heavy atom. The number of aromatic hydroxyl groups is 1. The van der Waals surface area contributed by atoms with Crippen molar-refractivity contribution in [3.63, 3.8) is 0 Å². The van der Waals surface area contributed by atoms with Crippen LogP contribution in [0.25, 0.3) is 0 Å². The molecule has 0 radical (unpaired) electrons. The molecule has 17 heavy (non-hydrogen) atoms. The van der Waals surface area contributed by atoms with Crippen molar-refractivity contribution in [1.82, 2.24) is 10.2 Å². The number of halogens is 2. The number of phenolic OH excluding ortho intramolecular Hbond substituents is 1. The Morgan fingerprint density at radius 2 is 2.06 bits per heavy atom. The molecule has 1 aliphatic rings. The summed E-state index contributed by atoms with van der Waals surface area (Å²) in [5.74, 6) is -0.245. The molecule has 4 nitrogen and oxygen atoms in total. The zero-order valence-electron chi connectivity index (χ0n) is 9.04. The van der Waals surface area contributed by atoms with E-state index in [9.17, 15) is 9.90 Å². The Bertz CT molecular complexity index is 447. The van der Waals surface area contributed by atoms with E-state index in [0.29, 0.717) is 22.6 Å². The minimum absolute atomic E-state index is 0.0575. The maximum Gasteiger partial charge on any atom is 0.257 e. The lowest BCUT2D eigenvalue weighted by Crippen LogP contribution is -2.46. The predicted molar refractivity (Wildman–Crippen MR) is 69.6 cm³/mol. The van der Waals surface area contributed by atoms with Crippen molar-refractivity contribution < 1.29 is 9.90 Å². The SMILES string of the molecule is O=C(c1cc(Cl)cc(Br)c1O)N1CCNCC1. The summed E-state index contributed by atoms with van der Waals surface area (Å²) in [6.07, 6.45) is 0. The Kier molecular flexibility index (Phi) is 3.91. The molecule has 0 bridgehead atoms. The molecule has 1 saturated heterocycles. The number of carbonyl (C=O) groups excluding carboxylic acids is 1. The highest BCUT2D eigenvalue weighted by molar-refractivity contribution is 9.10. The molecule has 0 spiro atoms. The molecule has 0 aromatic heterocycles. The van der Waals surface area contributed by atoms with Gasteiger partial charge in [0, 0.05) is 31.2 Å². The standard InChI is InChI=1S/C11H12BrClN2O2/c12-9-6-7(13)5-8(10(9)16)11(17)15-3-1-14-2-4-15/h5-6,14,16H,1-4H2. The Morgan fingerprint density at radius 1 is 1.41 bits per heavy atom. The van der Waals surface area contributed by atoms with Gasteiger partial charge >= 0.3 is 0 Å². The van der Waals surface area contributed by atoms with E-state index in [-0.39, 0.29) is 17.2 Å². The molecule has 1 fully saturated rings. The van der Waals surface area contributed by atoms with E-state index in [1.165, 1.54) is 6.07 Å². The molecule has 0 aliphatic carbocycles. The molecular formula is C11H12BrClN2O2. The highest BCUT2D eigenvalue weighted by Gasteiger charge is 2.22. The van der Waals surface area contributed by atoms with Gasteiger partial charge in [0.15, 0.2) is 0 Å². The van der Waals surface area contributed by atoms with Gasteiger partial charge in [-0.15, -0.1) is 0 Å². The van der Waals surface area contributed by atoms with Crippen LogP contribution in [0, 0.1) is 0 Å². The summed E-state index contributed by atoms with van der Waals surface area (Å²) in [7, 11) is 0. The van der Waals surface area contributed by atoms with Gasteiger partial charge in [0.25, 0.3) is 5.91 Å². The van der Waals surface area contributed by atoms with Gasteiger partial charge in [0.1, 0.15) is 5.75 Å². The van der Waals surface area contributed by atoms with E-state index < -0.39 is 0 Å². The summed E-state index contributed by atoms with van der Waals surface area (Å²) < 4.78 is 0.434. The Hall–Kier alpha value is -0.780. The summed E-state index contributed by atoms with van der Waals surface area (Å²) in [6.45, 7) is 2.83. The number of benzene rings is 1. The fraction of sp³-hybridized carbons (Fsp3) is 0.364. The first-order valence-corrected chi connectivity index (χ1v) is 6.44. The maximum atomic E-state index is 12.2. The Labute approximate surface area is 113 Å². The number of piperazine rings is 1. The molecule has 1 heterocycles. The summed E-state index contributed by atoms with van der Waals surface area (Å²) in [5, 5.41) is 13.4. The topological polar surface area (TPSA) is 52.6 Å². The van der Waals surface area contributed by atoms with Crippen molar-refractivity contribution in [2.24, 2.45) is 0 Å². The van der Waals surface area contributed by atoms with Crippen molar-refractivity contribution >= 4 is 33.4 Å². The highest BCUT2D eigenvalue weighted by atomic mass is 79.9. The lowest BCUT2D eigenvalue weighted by atomic mass is 10.1. The van der Waals surface area contributed by atoms with Crippen LogP contribution in [0.1, 0.15) is 10.4 Å². The molecule has 2 N–H and O–H groups in total. The Balaban J connectivity index is 2.29. The molecular weight excluding hydrogens is 307 g/mol. The van der Waals surface area contributed by atoms with E-state index in [4.69, 9.17) is 11.6 Å². The normalized spacial score (nSPS) is 16.0. The minimum atomic E-state index is -0.188. The minimum Gasteiger partial charge on any atom is -0.506 e. The number of nitrogens with one attached hydrogen (secondary N) is 1. The molecule has 1 aromatic rings. The number of phenols is 1. The van der Waals surface area contributed by atoms with Crippen molar-refractivity contribution in [1.29, 1.82) is 0 Å². The van der Waals surface area contributed by atoms with Crippen molar-refractivity contribution in [3.8, 4) is 5.75 Å². The molecule has 0 unspecified atom stereocenters. The predicted octanol–water partition coefficient (Wildman–Crippen LogP) is 1.85.